The highest BCUT2D eigenvalue weighted by molar-refractivity contribution is 6.06. The number of benzene rings is 1. The largest absolute Gasteiger partial charge is 0.297 e. The van der Waals surface area contributed by atoms with Crippen molar-refractivity contribution in [2.45, 2.75) is 0 Å². The molecule has 0 saturated carbocycles. The summed E-state index contributed by atoms with van der Waals surface area (Å²) in [5.41, 5.74) is 2.44. The van der Waals surface area contributed by atoms with Crippen molar-refractivity contribution in [3.63, 3.8) is 0 Å². The van der Waals surface area contributed by atoms with Gasteiger partial charge in [-0.15, -0.1) is 0 Å². The Balaban J connectivity index is 2.28. The van der Waals surface area contributed by atoms with Crippen LogP contribution in [0.3, 0.4) is 0 Å². The minimum atomic E-state index is 1.16. The van der Waals surface area contributed by atoms with Crippen LogP contribution in [0.5, 0.6) is 0 Å². The number of para-hydroxylation sites is 1. The van der Waals surface area contributed by atoms with E-state index in [2.05, 4.69) is 94.8 Å². The van der Waals surface area contributed by atoms with Crippen LogP contribution in [-0.2, 0) is 14.1 Å². The molecule has 0 saturated heterocycles. The molecule has 0 bridgehead atoms. The third-order valence-electron chi connectivity index (χ3n) is 4.05. The summed E-state index contributed by atoms with van der Waals surface area (Å²) in [7, 11) is 4.18. The molecule has 0 aliphatic rings. The van der Waals surface area contributed by atoms with Crippen LogP contribution in [0.1, 0.15) is 0 Å². The molecular formula is C18H17N3+2. The lowest BCUT2D eigenvalue weighted by Gasteiger charge is -2.03. The van der Waals surface area contributed by atoms with E-state index in [-0.39, 0.29) is 0 Å². The van der Waals surface area contributed by atoms with Crippen molar-refractivity contribution in [1.82, 2.24) is 4.57 Å². The van der Waals surface area contributed by atoms with Crippen molar-refractivity contribution in [1.29, 1.82) is 0 Å². The normalized spacial score (nSPS) is 11.3. The van der Waals surface area contributed by atoms with Crippen LogP contribution in [0.2, 0.25) is 0 Å². The third kappa shape index (κ3) is 1.67. The number of rotatable bonds is 1. The second kappa shape index (κ2) is 4.42. The van der Waals surface area contributed by atoms with Crippen molar-refractivity contribution in [3.05, 3.63) is 67.0 Å². The van der Waals surface area contributed by atoms with Gasteiger partial charge < -0.3 is 0 Å². The lowest BCUT2D eigenvalue weighted by atomic mass is 10.2. The van der Waals surface area contributed by atoms with E-state index in [0.29, 0.717) is 0 Å². The highest BCUT2D eigenvalue weighted by atomic mass is 15.2. The second-order valence-corrected chi connectivity index (χ2v) is 5.38. The van der Waals surface area contributed by atoms with Crippen LogP contribution in [-0.4, -0.2) is 4.57 Å². The van der Waals surface area contributed by atoms with Gasteiger partial charge in [-0.2, -0.15) is 4.57 Å². The molecule has 0 spiro atoms. The van der Waals surface area contributed by atoms with Gasteiger partial charge in [-0.3, -0.25) is 0 Å². The van der Waals surface area contributed by atoms with E-state index in [1.807, 2.05) is 0 Å². The van der Waals surface area contributed by atoms with Gasteiger partial charge in [-0.1, -0.05) is 18.2 Å². The quantitative estimate of drug-likeness (QED) is 0.473. The van der Waals surface area contributed by atoms with Crippen molar-refractivity contribution in [2.24, 2.45) is 14.1 Å². The van der Waals surface area contributed by atoms with Gasteiger partial charge in [-0.25, -0.2) is 9.13 Å². The molecule has 4 aromatic rings. The number of hydrogen-bond acceptors (Lipinski definition) is 0. The number of nitrogens with zero attached hydrogens (tertiary/aromatic N) is 3. The molecule has 0 unspecified atom stereocenters. The summed E-state index contributed by atoms with van der Waals surface area (Å²) in [5, 5.41) is 2.56. The summed E-state index contributed by atoms with van der Waals surface area (Å²) in [5.74, 6) is 1.16. The Bertz CT molecular complexity index is 967. The van der Waals surface area contributed by atoms with Gasteiger partial charge in [-0.05, 0) is 30.3 Å². The number of aryl methyl sites for hydroxylation is 2. The zero-order valence-electron chi connectivity index (χ0n) is 12.2. The Morgan fingerprint density at radius 2 is 1.43 bits per heavy atom. The summed E-state index contributed by atoms with van der Waals surface area (Å²) in [6.45, 7) is 0. The number of hydrogen-bond donors (Lipinski definition) is 0. The Hall–Kier alpha value is -2.68. The van der Waals surface area contributed by atoms with E-state index in [9.17, 15) is 0 Å². The summed E-state index contributed by atoms with van der Waals surface area (Å²) in [6.07, 6.45) is 4.18. The van der Waals surface area contributed by atoms with Gasteiger partial charge in [0.2, 0.25) is 0 Å². The lowest BCUT2D eigenvalue weighted by Crippen LogP contribution is -2.36. The fourth-order valence-electron chi connectivity index (χ4n) is 3.08. The standard InChI is InChI=1S/C18H17N3/c1-19-12-6-5-11-17(19)21-16-10-4-3-8-14(16)15-9-7-13-20(2)18(15)21/h3-13H,1-2H3/q+2. The van der Waals surface area contributed by atoms with Crippen molar-refractivity contribution >= 4 is 21.9 Å². The topological polar surface area (TPSA) is 12.7 Å². The number of pyridine rings is 2. The first kappa shape index (κ1) is 12.1. The molecule has 0 amide bonds. The average molecular weight is 275 g/mol. The fraction of sp³-hybridized carbons (Fsp3) is 0.111. The van der Waals surface area contributed by atoms with E-state index in [0.717, 1.165) is 5.82 Å². The molecule has 3 heteroatoms. The van der Waals surface area contributed by atoms with Crippen LogP contribution in [0.25, 0.3) is 27.8 Å². The predicted octanol–water partition coefficient (Wildman–Crippen LogP) is 2.43. The van der Waals surface area contributed by atoms with E-state index in [1.165, 1.54) is 21.9 Å². The molecule has 3 heterocycles. The fourth-order valence-corrected chi connectivity index (χ4v) is 3.08. The summed E-state index contributed by atoms with van der Waals surface area (Å²) in [4.78, 5) is 0. The molecule has 0 aliphatic heterocycles. The molecule has 0 fully saturated rings. The van der Waals surface area contributed by atoms with Gasteiger partial charge in [0.15, 0.2) is 0 Å². The van der Waals surface area contributed by atoms with Gasteiger partial charge in [0, 0.05) is 11.5 Å². The first-order valence-corrected chi connectivity index (χ1v) is 7.10. The lowest BCUT2D eigenvalue weighted by molar-refractivity contribution is -0.669. The first-order valence-electron chi connectivity index (χ1n) is 7.10. The van der Waals surface area contributed by atoms with Crippen molar-refractivity contribution in [2.75, 3.05) is 0 Å². The Morgan fingerprint density at radius 1 is 0.714 bits per heavy atom. The highest BCUT2D eigenvalue weighted by Gasteiger charge is 2.23. The average Bonchev–Trinajstić information content (AvgIpc) is 2.84. The van der Waals surface area contributed by atoms with Gasteiger partial charge in [0.05, 0.1) is 31.9 Å². The van der Waals surface area contributed by atoms with E-state index in [4.69, 9.17) is 0 Å². The van der Waals surface area contributed by atoms with Gasteiger partial charge >= 0.3 is 0 Å². The third-order valence-corrected chi connectivity index (χ3v) is 4.05. The van der Waals surface area contributed by atoms with Crippen LogP contribution >= 0.6 is 0 Å². The smallest absolute Gasteiger partial charge is 0.236 e. The zero-order chi connectivity index (χ0) is 14.4. The first-order chi connectivity index (χ1) is 10.3. The SMILES string of the molecule is C[n+]1ccccc1-n1c2ccccc2c2ccc[n+](C)c21. The molecule has 102 valence electrons. The molecule has 0 radical (unpaired) electrons. The van der Waals surface area contributed by atoms with Crippen LogP contribution in [0.4, 0.5) is 0 Å². The monoisotopic (exact) mass is 275 g/mol. The molecule has 3 nitrogen and oxygen atoms in total. The minimum absolute atomic E-state index is 1.16. The number of aromatic nitrogens is 3. The maximum Gasteiger partial charge on any atom is 0.297 e. The second-order valence-electron chi connectivity index (χ2n) is 5.38. The predicted molar refractivity (Wildman–Crippen MR) is 83.1 cm³/mol. The molecule has 0 atom stereocenters. The van der Waals surface area contributed by atoms with Crippen molar-refractivity contribution in [3.8, 4) is 5.82 Å². The molecule has 4 rings (SSSR count). The minimum Gasteiger partial charge on any atom is -0.236 e. The van der Waals surface area contributed by atoms with Crippen molar-refractivity contribution < 1.29 is 9.13 Å². The van der Waals surface area contributed by atoms with E-state index < -0.39 is 0 Å². The molecular weight excluding hydrogens is 258 g/mol. The summed E-state index contributed by atoms with van der Waals surface area (Å²) in [6, 6.07) is 19.2. The van der Waals surface area contributed by atoms with Crippen LogP contribution < -0.4 is 9.13 Å². The van der Waals surface area contributed by atoms with E-state index >= 15 is 0 Å². The van der Waals surface area contributed by atoms with Gasteiger partial charge in [0.1, 0.15) is 5.52 Å². The van der Waals surface area contributed by atoms with Crippen LogP contribution in [0.15, 0.2) is 67.0 Å². The zero-order valence-corrected chi connectivity index (χ0v) is 12.2. The highest BCUT2D eigenvalue weighted by Crippen LogP contribution is 2.28. The summed E-state index contributed by atoms with van der Waals surface area (Å²) < 4.78 is 6.66. The molecule has 0 aliphatic carbocycles. The molecule has 3 aromatic heterocycles. The number of fused-ring (bicyclic) bond motifs is 3. The van der Waals surface area contributed by atoms with Crippen LogP contribution in [0, 0.1) is 0 Å². The molecule has 0 N–H and O–H groups in total. The molecule has 1 aromatic carbocycles. The Kier molecular flexibility index (Phi) is 2.54. The van der Waals surface area contributed by atoms with Gasteiger partial charge in [0.25, 0.3) is 11.5 Å². The Morgan fingerprint density at radius 3 is 2.29 bits per heavy atom. The Labute approximate surface area is 123 Å². The maximum absolute atomic E-state index is 2.32. The maximum atomic E-state index is 2.32. The summed E-state index contributed by atoms with van der Waals surface area (Å²) >= 11 is 0. The van der Waals surface area contributed by atoms with E-state index in [1.54, 1.807) is 0 Å². The molecule has 21 heavy (non-hydrogen) atoms.